The van der Waals surface area contributed by atoms with E-state index in [2.05, 4.69) is 0 Å². The zero-order chi connectivity index (χ0) is 37.3. The van der Waals surface area contributed by atoms with Gasteiger partial charge in [-0.1, -0.05) is 48.5 Å². The molecular formula is C36H32F4O10Ru2. The first-order chi connectivity index (χ1) is 23.8. The van der Waals surface area contributed by atoms with Crippen molar-refractivity contribution in [3.8, 4) is 0 Å². The molecule has 0 unspecified atom stereocenters. The van der Waals surface area contributed by atoms with E-state index >= 15 is 0 Å². The molecule has 0 atom stereocenters. The van der Waals surface area contributed by atoms with Crippen LogP contribution in [0.2, 0.25) is 0 Å². The number of benzene rings is 4. The Balaban J connectivity index is 0. The van der Waals surface area contributed by atoms with E-state index in [1.807, 2.05) is 0 Å². The normalized spacial score (nSPS) is 11.8. The molecule has 0 N–H and O–H groups in total. The van der Waals surface area contributed by atoms with E-state index in [0.29, 0.717) is 0 Å². The van der Waals surface area contributed by atoms with Crippen molar-refractivity contribution in [3.05, 3.63) is 143 Å². The summed E-state index contributed by atoms with van der Waals surface area (Å²) in [5.74, 6) is -6.98. The Morgan fingerprint density at radius 1 is 0.365 bits per heavy atom. The van der Waals surface area contributed by atoms with E-state index in [9.17, 15) is 57.2 Å². The summed E-state index contributed by atoms with van der Waals surface area (Å²) in [6, 6.07) is 17.9. The number of ether oxygens (including phenoxy) is 2. The second-order valence-corrected chi connectivity index (χ2v) is 9.82. The van der Waals surface area contributed by atoms with Gasteiger partial charge in [0.25, 0.3) is 0 Å². The van der Waals surface area contributed by atoms with Crippen LogP contribution in [-0.4, -0.2) is 50.3 Å². The molecule has 2 aliphatic rings. The van der Waals surface area contributed by atoms with Crippen LogP contribution < -0.4 is 20.4 Å². The van der Waals surface area contributed by atoms with E-state index < -0.39 is 47.1 Å². The molecule has 0 radical (unpaired) electrons. The maximum Gasteiger partial charge on any atom is 2.00 e. The molecular weight excluding hydrogens is 871 g/mol. The topological polar surface area (TPSA) is 179 Å². The molecule has 0 aromatic heterocycles. The molecule has 0 bridgehead atoms. The van der Waals surface area contributed by atoms with Crippen molar-refractivity contribution in [3.63, 3.8) is 0 Å². The van der Waals surface area contributed by atoms with Gasteiger partial charge in [0.2, 0.25) is 0 Å². The Morgan fingerprint density at radius 2 is 0.519 bits per heavy atom. The molecule has 16 heteroatoms. The smallest absolute Gasteiger partial charge is 0.545 e. The van der Waals surface area contributed by atoms with Crippen LogP contribution in [0.15, 0.2) is 97.1 Å². The monoisotopic (exact) mass is 904 g/mol. The number of carbonyl (C=O) groups is 4. The summed E-state index contributed by atoms with van der Waals surface area (Å²) < 4.78 is 58.4. The van der Waals surface area contributed by atoms with E-state index in [0.717, 1.165) is 123 Å². The average molecular weight is 903 g/mol. The Hall–Kier alpha value is -4.35. The molecule has 2 aliphatic heterocycles. The molecule has 10 nitrogen and oxygen atoms in total. The Labute approximate surface area is 322 Å². The van der Waals surface area contributed by atoms with Gasteiger partial charge in [0, 0.05) is 26.4 Å². The molecule has 0 saturated carbocycles. The van der Waals surface area contributed by atoms with Crippen LogP contribution in [-0.2, 0) is 48.4 Å². The molecule has 4 aromatic carbocycles. The van der Waals surface area contributed by atoms with Crippen molar-refractivity contribution in [2.75, 3.05) is 26.4 Å². The van der Waals surface area contributed by atoms with Gasteiger partial charge in [0.05, 0.1) is 23.9 Å². The number of hydrogen-bond donors (Lipinski definition) is 0. The van der Waals surface area contributed by atoms with Crippen molar-refractivity contribution in [1.82, 2.24) is 0 Å². The predicted molar refractivity (Wildman–Crippen MR) is 163 cm³/mol. The fourth-order valence-electron chi connectivity index (χ4n) is 3.36. The van der Waals surface area contributed by atoms with Crippen LogP contribution in [0.3, 0.4) is 0 Å². The van der Waals surface area contributed by atoms with Crippen LogP contribution >= 0.6 is 0 Å². The first-order valence-electron chi connectivity index (χ1n) is 14.8. The Kier molecular flexibility index (Phi) is 28.0. The summed E-state index contributed by atoms with van der Waals surface area (Å²) in [6.07, 6.45) is 5.11. The van der Waals surface area contributed by atoms with Crippen LogP contribution in [0.5, 0.6) is 0 Å². The van der Waals surface area contributed by atoms with Gasteiger partial charge in [-0.05, 0) is 96.5 Å². The van der Waals surface area contributed by atoms with Crippen molar-refractivity contribution >= 4 is 23.9 Å². The van der Waals surface area contributed by atoms with Crippen molar-refractivity contribution in [1.29, 1.82) is 0 Å². The minimum Gasteiger partial charge on any atom is -0.545 e. The molecule has 0 spiro atoms. The van der Waals surface area contributed by atoms with Gasteiger partial charge >= 0.3 is 39.0 Å². The Morgan fingerprint density at radius 3 is 0.615 bits per heavy atom. The molecule has 6 rings (SSSR count). The Bertz CT molecular complexity index is 1340. The summed E-state index contributed by atoms with van der Waals surface area (Å²) >= 11 is 0. The molecule has 4 aromatic rings. The minimum atomic E-state index is -1.29. The van der Waals surface area contributed by atoms with Crippen LogP contribution in [0.1, 0.15) is 67.1 Å². The van der Waals surface area contributed by atoms with Crippen molar-refractivity contribution in [2.45, 2.75) is 25.7 Å². The number of aromatic carboxylic acids is 4. The number of carbonyl (C=O) groups excluding carboxylic acids is 4. The van der Waals surface area contributed by atoms with Crippen LogP contribution in [0, 0.1) is 23.3 Å². The fraction of sp³-hybridized carbons (Fsp3) is 0.222. The number of hydrogen-bond acceptors (Lipinski definition) is 10. The number of halogens is 4. The van der Waals surface area contributed by atoms with Gasteiger partial charge < -0.3 is 49.1 Å². The van der Waals surface area contributed by atoms with Gasteiger partial charge in [-0.2, -0.15) is 0 Å². The van der Waals surface area contributed by atoms with Gasteiger partial charge in [-0.3, -0.25) is 0 Å². The fourth-order valence-corrected chi connectivity index (χ4v) is 3.36. The quantitative estimate of drug-likeness (QED) is 0.218. The molecule has 2 fully saturated rings. The largest absolute Gasteiger partial charge is 2.00 e. The number of carboxylic acid groups (broad SMARTS) is 4. The zero-order valence-electron chi connectivity index (χ0n) is 27.2. The van der Waals surface area contributed by atoms with Crippen molar-refractivity contribution < 1.29 is 106 Å². The van der Waals surface area contributed by atoms with Crippen LogP contribution in [0.4, 0.5) is 17.6 Å². The molecule has 2 heterocycles. The third kappa shape index (κ3) is 23.9. The first kappa shape index (κ1) is 49.8. The average Bonchev–Trinajstić information content (AvgIpc) is 3.87. The summed E-state index contributed by atoms with van der Waals surface area (Å²) in [6.45, 7) is 4.00. The third-order valence-corrected chi connectivity index (χ3v) is 5.97. The van der Waals surface area contributed by atoms with Gasteiger partial charge in [-0.15, -0.1) is 0 Å². The minimum absolute atomic E-state index is 0. The number of carboxylic acids is 4. The first-order valence-corrected chi connectivity index (χ1v) is 14.8. The summed E-state index contributed by atoms with van der Waals surface area (Å²) in [7, 11) is 0. The van der Waals surface area contributed by atoms with Gasteiger partial charge in [0.1, 0.15) is 23.3 Å². The van der Waals surface area contributed by atoms with Gasteiger partial charge in [0.15, 0.2) is 0 Å². The van der Waals surface area contributed by atoms with Gasteiger partial charge in [-0.25, -0.2) is 17.6 Å². The molecule has 0 amide bonds. The summed E-state index contributed by atoms with van der Waals surface area (Å²) in [5.41, 5.74) is -0.0504. The molecule has 2 saturated heterocycles. The van der Waals surface area contributed by atoms with Crippen LogP contribution in [0.25, 0.3) is 0 Å². The second kappa shape index (κ2) is 29.2. The standard InChI is InChI=1S/4C7H5FO2.2C4H8O.2Ru/c4*8-6-3-1-5(2-4-6)7(9)10;2*1-2-4-5-3-1;;/h4*1-4H,(H,9,10);2*1-4H2;;/q;;;;;;2*+2/p-4. The summed E-state index contributed by atoms with van der Waals surface area (Å²) in [4.78, 5) is 40.3. The van der Waals surface area contributed by atoms with E-state index in [4.69, 9.17) is 9.47 Å². The SMILES string of the molecule is C1CCOC1.C1CCOC1.O=C([O-])c1ccc(F)cc1.O=C([O-])c1ccc(F)cc1.O=C([O-])c1ccc(F)cc1.O=C([O-])c1ccc(F)cc1.[Ru+2].[Ru+2]. The maximum absolute atomic E-state index is 12.1. The molecule has 52 heavy (non-hydrogen) atoms. The predicted octanol–water partition coefficient (Wildman–Crippen LogP) is 2.35. The molecule has 0 aliphatic carbocycles. The van der Waals surface area contributed by atoms with E-state index in [-0.39, 0.29) is 61.2 Å². The molecule has 280 valence electrons. The van der Waals surface area contributed by atoms with E-state index in [1.54, 1.807) is 0 Å². The van der Waals surface area contributed by atoms with Crippen molar-refractivity contribution in [2.24, 2.45) is 0 Å². The third-order valence-electron chi connectivity index (χ3n) is 5.97. The zero-order valence-corrected chi connectivity index (χ0v) is 30.7. The van der Waals surface area contributed by atoms with E-state index in [1.165, 1.54) is 25.7 Å². The maximum atomic E-state index is 12.1. The summed E-state index contributed by atoms with van der Waals surface area (Å²) in [5, 5.41) is 40.3. The second-order valence-electron chi connectivity index (χ2n) is 9.82. The number of rotatable bonds is 4.